The fraction of sp³-hybridized carbons (Fsp3) is 0.500. The lowest BCUT2D eigenvalue weighted by molar-refractivity contribution is -0.695. The van der Waals surface area contributed by atoms with Crippen molar-refractivity contribution in [2.45, 2.75) is 52.0 Å². The van der Waals surface area contributed by atoms with E-state index in [0.717, 1.165) is 25.1 Å². The predicted octanol–water partition coefficient (Wildman–Crippen LogP) is 2.98. The molecule has 0 saturated carbocycles. The highest BCUT2D eigenvalue weighted by Crippen LogP contribution is 2.57. The molecule has 0 radical (unpaired) electrons. The third-order valence-electron chi connectivity index (χ3n) is 4.00. The summed E-state index contributed by atoms with van der Waals surface area (Å²) in [4.78, 5) is 30.4. The van der Waals surface area contributed by atoms with Gasteiger partial charge in [0.2, 0.25) is 7.37 Å². The smallest absolute Gasteiger partial charge is 0.215 e. The maximum atomic E-state index is 11.8. The molecule has 1 heterocycles. The number of hydrogen-bond donors (Lipinski definition) is 2. The van der Waals surface area contributed by atoms with E-state index in [2.05, 4.69) is 32.9 Å². The molecule has 0 saturated heterocycles. The average Bonchev–Trinajstić information content (AvgIpc) is 2.48. The molecule has 0 aliphatic carbocycles. The van der Waals surface area contributed by atoms with Crippen molar-refractivity contribution < 1.29 is 28.4 Å². The molecule has 1 aromatic heterocycles. The van der Waals surface area contributed by atoms with Crippen molar-refractivity contribution >= 4 is 15.0 Å². The maximum Gasteiger partial charge on any atom is 0.215 e. The van der Waals surface area contributed by atoms with E-state index in [-0.39, 0.29) is 6.54 Å². The lowest BCUT2D eigenvalue weighted by Gasteiger charge is -2.26. The minimum atomic E-state index is -4.93. The summed E-state index contributed by atoms with van der Waals surface area (Å²) in [6.07, 6.45) is 10.3. The molecule has 0 aliphatic rings. The van der Waals surface area contributed by atoms with Gasteiger partial charge in [0.1, 0.15) is 0 Å². The largest absolute Gasteiger partial charge is 0.778 e. The number of aromatic nitrogens is 1. The summed E-state index contributed by atoms with van der Waals surface area (Å²) in [6, 6.07) is 3.66. The van der Waals surface area contributed by atoms with E-state index in [9.17, 15) is 23.8 Å². The maximum absolute atomic E-state index is 11.8. The molecule has 0 aliphatic heterocycles. The number of hydrogen-bond acceptors (Lipinski definition) is 3. The molecule has 3 atom stereocenters. The van der Waals surface area contributed by atoms with Crippen molar-refractivity contribution in [2.24, 2.45) is 0 Å². The van der Waals surface area contributed by atoms with Crippen LogP contribution >= 0.6 is 15.0 Å². The number of nitrogens with zero attached hydrogens (tertiary/aromatic N) is 1. The van der Waals surface area contributed by atoms with Gasteiger partial charge in [0.05, 0.1) is 0 Å². The second-order valence-electron chi connectivity index (χ2n) is 6.97. The van der Waals surface area contributed by atoms with Crippen LogP contribution in [0.4, 0.5) is 0 Å². The monoisotopic (exact) mass is 401 g/mol. The van der Waals surface area contributed by atoms with E-state index in [1.54, 1.807) is 18.5 Å². The molecule has 1 rings (SSSR count). The van der Waals surface area contributed by atoms with Gasteiger partial charge in [-0.1, -0.05) is 23.3 Å². The van der Waals surface area contributed by atoms with Crippen LogP contribution in [0.15, 0.2) is 47.8 Å². The molecular weight excluding hydrogens is 372 g/mol. The molecule has 2 N–H and O–H groups in total. The summed E-state index contributed by atoms with van der Waals surface area (Å²) in [5.74, 6) is 0. The van der Waals surface area contributed by atoms with Crippen molar-refractivity contribution in [3.05, 3.63) is 53.4 Å². The Kier molecular flexibility index (Phi) is 8.65. The minimum absolute atomic E-state index is 0.265. The Labute approximate surface area is 155 Å². The highest BCUT2D eigenvalue weighted by atomic mass is 31.2. The van der Waals surface area contributed by atoms with Gasteiger partial charge in [-0.05, 0) is 46.1 Å². The summed E-state index contributed by atoms with van der Waals surface area (Å²) < 4.78 is 24.8. The number of pyridine rings is 1. The van der Waals surface area contributed by atoms with Crippen LogP contribution in [0.5, 0.6) is 0 Å². The molecule has 6 nitrogen and oxygen atoms in total. The highest BCUT2D eigenvalue weighted by Gasteiger charge is 2.37. The number of rotatable bonds is 9. The van der Waals surface area contributed by atoms with Crippen molar-refractivity contribution in [1.82, 2.24) is 0 Å². The summed E-state index contributed by atoms with van der Waals surface area (Å²) in [5.41, 5.74) is 3.52. The third kappa shape index (κ3) is 8.57. The van der Waals surface area contributed by atoms with Gasteiger partial charge in [0.15, 0.2) is 31.9 Å². The molecule has 0 spiro atoms. The average molecular weight is 401 g/mol. The topological polar surface area (TPSA) is 102 Å². The standard InChI is InChI=1S/C18H29NO5P2/c1-15(2)7-5-8-16(3)10-11-17-9-6-12-19(13-17)14-18(25(4,20)21)26(22,23)24/h6-7,9-10,12-13,18H,5,8,11,14H2,1-4H3,(H2-,20,21,22,23,24)/b16-10+. The van der Waals surface area contributed by atoms with Gasteiger partial charge in [-0.3, -0.25) is 4.57 Å². The van der Waals surface area contributed by atoms with Gasteiger partial charge in [-0.2, -0.15) is 0 Å². The van der Waals surface area contributed by atoms with Gasteiger partial charge in [-0.25, -0.2) is 4.57 Å². The van der Waals surface area contributed by atoms with E-state index in [0.29, 0.717) is 6.42 Å². The molecule has 1 aromatic rings. The fourth-order valence-corrected chi connectivity index (χ4v) is 5.56. The normalized spacial score (nSPS) is 17.9. The van der Waals surface area contributed by atoms with Crippen LogP contribution in [0, 0.1) is 0 Å². The Morgan fingerprint density at radius 3 is 2.46 bits per heavy atom. The first-order valence-electron chi connectivity index (χ1n) is 8.50. The van der Waals surface area contributed by atoms with Crippen LogP contribution in [0.3, 0.4) is 0 Å². The Balaban J connectivity index is 2.83. The second kappa shape index (κ2) is 9.77. The molecule has 0 amide bonds. The van der Waals surface area contributed by atoms with Crippen molar-refractivity contribution in [3.8, 4) is 0 Å². The molecule has 0 aromatic carbocycles. The summed E-state index contributed by atoms with van der Waals surface area (Å²) in [7, 11) is -8.92. The van der Waals surface area contributed by atoms with Crippen molar-refractivity contribution in [1.29, 1.82) is 0 Å². The lowest BCUT2D eigenvalue weighted by Crippen LogP contribution is -2.40. The Morgan fingerprint density at radius 1 is 1.27 bits per heavy atom. The van der Waals surface area contributed by atoms with Crippen molar-refractivity contribution in [2.75, 3.05) is 6.66 Å². The molecule has 26 heavy (non-hydrogen) atoms. The number of allylic oxidation sites excluding steroid dienone is 4. The Morgan fingerprint density at radius 2 is 1.92 bits per heavy atom. The lowest BCUT2D eigenvalue weighted by atomic mass is 10.1. The Hall–Kier alpha value is -1.03. The Bertz CT molecular complexity index is 735. The summed E-state index contributed by atoms with van der Waals surface area (Å²) >= 11 is 0. The van der Waals surface area contributed by atoms with Crippen LogP contribution < -0.4 is 9.46 Å². The first-order valence-corrected chi connectivity index (χ1v) is 12.3. The molecule has 3 unspecified atom stereocenters. The zero-order chi connectivity index (χ0) is 20.0. The van der Waals surface area contributed by atoms with E-state index in [4.69, 9.17) is 0 Å². The van der Waals surface area contributed by atoms with Gasteiger partial charge < -0.3 is 19.2 Å². The van der Waals surface area contributed by atoms with Gasteiger partial charge >= 0.3 is 0 Å². The van der Waals surface area contributed by atoms with Crippen LogP contribution in [0.2, 0.25) is 0 Å². The molecule has 0 bridgehead atoms. The fourth-order valence-electron chi connectivity index (χ4n) is 2.51. The first-order chi connectivity index (χ1) is 11.9. The zero-order valence-electron chi connectivity index (χ0n) is 15.8. The molecule has 146 valence electrons. The quantitative estimate of drug-likeness (QED) is 0.376. The van der Waals surface area contributed by atoms with Crippen LogP contribution in [0.25, 0.3) is 0 Å². The second-order valence-corrected chi connectivity index (χ2v) is 11.6. The first kappa shape index (κ1) is 23.0. The van der Waals surface area contributed by atoms with Crippen LogP contribution in [0.1, 0.15) is 39.2 Å². The summed E-state index contributed by atoms with van der Waals surface area (Å²) in [6.45, 7) is 6.90. The van der Waals surface area contributed by atoms with Crippen LogP contribution in [-0.2, 0) is 22.1 Å². The molecule has 8 heteroatoms. The molecule has 0 fully saturated rings. The van der Waals surface area contributed by atoms with Crippen LogP contribution in [-0.4, -0.2) is 21.9 Å². The van der Waals surface area contributed by atoms with Gasteiger partial charge in [0.25, 0.3) is 0 Å². The van der Waals surface area contributed by atoms with E-state index < -0.39 is 20.4 Å². The van der Waals surface area contributed by atoms with E-state index in [1.165, 1.54) is 15.7 Å². The zero-order valence-corrected chi connectivity index (χ0v) is 17.6. The van der Waals surface area contributed by atoms with E-state index >= 15 is 0 Å². The van der Waals surface area contributed by atoms with Crippen molar-refractivity contribution in [3.63, 3.8) is 0 Å². The van der Waals surface area contributed by atoms with E-state index in [1.807, 2.05) is 6.07 Å². The summed E-state index contributed by atoms with van der Waals surface area (Å²) in [5, 5.41) is -1.71. The highest BCUT2D eigenvalue weighted by molar-refractivity contribution is 7.72. The van der Waals surface area contributed by atoms with Gasteiger partial charge in [-0.15, -0.1) is 0 Å². The predicted molar refractivity (Wildman–Crippen MR) is 102 cm³/mol. The SMILES string of the molecule is CC(C)=CCC/C(C)=C/Cc1ccc[n+](CC(P(C)(=O)O)P(=O)([O-])O)c1. The molecular formula is C18H29NO5P2. The third-order valence-corrected chi connectivity index (χ3v) is 8.35. The minimum Gasteiger partial charge on any atom is -0.778 e. The van der Waals surface area contributed by atoms with Gasteiger partial charge in [0, 0.05) is 18.3 Å².